The fraction of sp³-hybridized carbons (Fsp3) is 0.583. The molecule has 6 heteroatoms. The zero-order valence-corrected chi connectivity index (χ0v) is 14.1. The minimum atomic E-state index is 0.0942. The van der Waals surface area contributed by atoms with E-state index < -0.39 is 0 Å². The zero-order chi connectivity index (χ0) is 13.3. The van der Waals surface area contributed by atoms with E-state index >= 15 is 0 Å². The number of carbonyl (C=O) groups excluding carboxylic acids is 1. The van der Waals surface area contributed by atoms with Crippen molar-refractivity contribution in [3.63, 3.8) is 0 Å². The highest BCUT2D eigenvalue weighted by Gasteiger charge is 2.32. The molecular formula is C12H16Br2N2OS. The normalized spacial score (nSPS) is 23.3. The van der Waals surface area contributed by atoms with Crippen molar-refractivity contribution in [2.24, 2.45) is 11.7 Å². The lowest BCUT2D eigenvalue weighted by Crippen LogP contribution is -2.41. The molecule has 2 unspecified atom stereocenters. The van der Waals surface area contributed by atoms with Gasteiger partial charge in [0.2, 0.25) is 0 Å². The second-order valence-corrected chi connectivity index (χ2v) is 7.87. The highest BCUT2D eigenvalue weighted by atomic mass is 79.9. The van der Waals surface area contributed by atoms with Gasteiger partial charge in [0.05, 0.1) is 8.66 Å². The molecule has 0 aliphatic heterocycles. The molecule has 1 aliphatic carbocycles. The van der Waals surface area contributed by atoms with Crippen LogP contribution >= 0.6 is 43.2 Å². The van der Waals surface area contributed by atoms with Crippen molar-refractivity contribution in [1.29, 1.82) is 0 Å². The van der Waals surface area contributed by atoms with E-state index in [9.17, 15) is 4.79 Å². The molecule has 0 aromatic carbocycles. The van der Waals surface area contributed by atoms with Gasteiger partial charge >= 0.3 is 0 Å². The fourth-order valence-corrected chi connectivity index (χ4v) is 4.60. The lowest BCUT2D eigenvalue weighted by atomic mass is 10.0. The number of nitrogens with zero attached hydrogens (tertiary/aromatic N) is 1. The average Bonchev–Trinajstić information content (AvgIpc) is 2.95. The Labute approximate surface area is 128 Å². The van der Waals surface area contributed by atoms with E-state index in [1.165, 1.54) is 17.8 Å². The van der Waals surface area contributed by atoms with E-state index in [2.05, 4.69) is 31.9 Å². The molecule has 0 spiro atoms. The summed E-state index contributed by atoms with van der Waals surface area (Å²) in [6.07, 6.45) is 3.37. The van der Waals surface area contributed by atoms with E-state index in [0.717, 1.165) is 26.0 Å². The molecule has 3 nitrogen and oxygen atoms in total. The first-order chi connectivity index (χ1) is 8.54. The van der Waals surface area contributed by atoms with Crippen LogP contribution in [0.25, 0.3) is 0 Å². The quantitative estimate of drug-likeness (QED) is 0.851. The molecule has 0 bridgehead atoms. The fourth-order valence-electron chi connectivity index (χ4n) is 2.58. The van der Waals surface area contributed by atoms with Crippen molar-refractivity contribution in [2.75, 3.05) is 13.6 Å². The van der Waals surface area contributed by atoms with Gasteiger partial charge in [-0.2, -0.15) is 0 Å². The summed E-state index contributed by atoms with van der Waals surface area (Å²) in [5.41, 5.74) is 5.78. The van der Waals surface area contributed by atoms with E-state index in [-0.39, 0.29) is 5.91 Å². The van der Waals surface area contributed by atoms with E-state index in [4.69, 9.17) is 5.73 Å². The van der Waals surface area contributed by atoms with Crippen molar-refractivity contribution in [2.45, 2.75) is 25.3 Å². The minimum absolute atomic E-state index is 0.0942. The van der Waals surface area contributed by atoms with Crippen molar-refractivity contribution in [3.05, 3.63) is 19.2 Å². The molecule has 1 saturated carbocycles. The molecule has 100 valence electrons. The predicted octanol–water partition coefficient (Wildman–Crippen LogP) is 3.47. The first kappa shape index (κ1) is 14.5. The highest BCUT2D eigenvalue weighted by Crippen LogP contribution is 2.35. The Morgan fingerprint density at radius 1 is 1.56 bits per heavy atom. The Kier molecular flexibility index (Phi) is 4.86. The van der Waals surface area contributed by atoms with Gasteiger partial charge in [0.1, 0.15) is 0 Å². The molecule has 2 rings (SSSR count). The molecule has 1 amide bonds. The molecule has 1 fully saturated rings. The van der Waals surface area contributed by atoms with Crippen LogP contribution in [0, 0.1) is 5.92 Å². The van der Waals surface area contributed by atoms with Gasteiger partial charge in [-0.15, -0.1) is 11.3 Å². The molecule has 1 heterocycles. The summed E-state index contributed by atoms with van der Waals surface area (Å²) in [6, 6.07) is 2.17. The van der Waals surface area contributed by atoms with Crippen molar-refractivity contribution >= 4 is 49.1 Å². The summed E-state index contributed by atoms with van der Waals surface area (Å²) in [4.78, 5) is 15.0. The molecule has 1 aliphatic rings. The van der Waals surface area contributed by atoms with Crippen LogP contribution in [-0.4, -0.2) is 30.4 Å². The summed E-state index contributed by atoms with van der Waals surface area (Å²) >= 11 is 8.30. The maximum Gasteiger partial charge on any atom is 0.264 e. The van der Waals surface area contributed by atoms with Gasteiger partial charge in [0.25, 0.3) is 5.91 Å². The molecular weight excluding hydrogens is 380 g/mol. The van der Waals surface area contributed by atoms with Gasteiger partial charge in [-0.25, -0.2) is 0 Å². The van der Waals surface area contributed by atoms with Crippen LogP contribution in [0.1, 0.15) is 28.9 Å². The Morgan fingerprint density at radius 3 is 2.83 bits per heavy atom. The van der Waals surface area contributed by atoms with Crippen molar-refractivity contribution in [1.82, 2.24) is 4.90 Å². The predicted molar refractivity (Wildman–Crippen MR) is 82.0 cm³/mol. The number of amides is 1. The average molecular weight is 396 g/mol. The van der Waals surface area contributed by atoms with Crippen LogP contribution in [0.4, 0.5) is 0 Å². The van der Waals surface area contributed by atoms with Gasteiger partial charge in [-0.1, -0.05) is 6.42 Å². The van der Waals surface area contributed by atoms with Crippen LogP contribution < -0.4 is 5.73 Å². The summed E-state index contributed by atoms with van der Waals surface area (Å²) < 4.78 is 1.90. The summed E-state index contributed by atoms with van der Waals surface area (Å²) in [5.74, 6) is 0.544. The van der Waals surface area contributed by atoms with E-state index in [0.29, 0.717) is 18.5 Å². The molecule has 1 aromatic heterocycles. The first-order valence-corrected chi connectivity index (χ1v) is 8.37. The third-order valence-electron chi connectivity index (χ3n) is 3.60. The Hall–Kier alpha value is 0.0900. The van der Waals surface area contributed by atoms with Crippen molar-refractivity contribution in [3.8, 4) is 0 Å². The number of rotatable bonds is 3. The molecule has 2 N–H and O–H groups in total. The lowest BCUT2D eigenvalue weighted by Gasteiger charge is -2.28. The first-order valence-electron chi connectivity index (χ1n) is 5.96. The maximum absolute atomic E-state index is 12.4. The number of hydrogen-bond acceptors (Lipinski definition) is 3. The third kappa shape index (κ3) is 2.81. The smallest absolute Gasteiger partial charge is 0.264 e. The van der Waals surface area contributed by atoms with Crippen LogP contribution in [0.15, 0.2) is 14.3 Å². The largest absolute Gasteiger partial charge is 0.338 e. The van der Waals surface area contributed by atoms with E-state index in [1.807, 2.05) is 18.0 Å². The number of carbonyl (C=O) groups is 1. The number of thiophene rings is 1. The van der Waals surface area contributed by atoms with Gasteiger partial charge in [0.15, 0.2) is 0 Å². The minimum Gasteiger partial charge on any atom is -0.338 e. The number of halogens is 2. The van der Waals surface area contributed by atoms with Crippen LogP contribution in [0.2, 0.25) is 0 Å². The van der Waals surface area contributed by atoms with Gasteiger partial charge in [-0.3, -0.25) is 4.79 Å². The molecule has 18 heavy (non-hydrogen) atoms. The van der Waals surface area contributed by atoms with Crippen molar-refractivity contribution < 1.29 is 4.79 Å². The van der Waals surface area contributed by atoms with Crippen LogP contribution in [-0.2, 0) is 0 Å². The van der Waals surface area contributed by atoms with Gasteiger partial charge in [-0.05, 0) is 63.2 Å². The summed E-state index contributed by atoms with van der Waals surface area (Å²) in [6.45, 7) is 0.667. The topological polar surface area (TPSA) is 46.3 Å². The maximum atomic E-state index is 12.4. The SMILES string of the molecule is CN(C(=O)c1cc(Br)c(Br)s1)C1CCCC1CN. The second-order valence-electron chi connectivity index (χ2n) is 4.64. The number of hydrogen-bond donors (Lipinski definition) is 1. The lowest BCUT2D eigenvalue weighted by molar-refractivity contribution is 0.0705. The van der Waals surface area contributed by atoms with E-state index in [1.54, 1.807) is 0 Å². The third-order valence-corrected chi connectivity index (χ3v) is 6.84. The monoisotopic (exact) mass is 394 g/mol. The Morgan fingerprint density at radius 2 is 2.28 bits per heavy atom. The van der Waals surface area contributed by atoms with Gasteiger partial charge in [0, 0.05) is 17.6 Å². The Bertz CT molecular complexity index is 430. The highest BCUT2D eigenvalue weighted by molar-refractivity contribution is 9.13. The standard InChI is InChI=1S/C12H16Br2N2OS/c1-16(9-4-2-3-7(9)6-15)12(17)10-5-8(13)11(14)18-10/h5,7,9H,2-4,6,15H2,1H3. The zero-order valence-electron chi connectivity index (χ0n) is 10.2. The number of nitrogens with two attached hydrogens (primary N) is 1. The molecule has 0 saturated heterocycles. The summed E-state index contributed by atoms with van der Waals surface area (Å²) in [7, 11) is 1.89. The van der Waals surface area contributed by atoms with Crippen LogP contribution in [0.3, 0.4) is 0 Å². The van der Waals surface area contributed by atoms with Gasteiger partial charge < -0.3 is 10.6 Å². The Balaban J connectivity index is 2.13. The molecule has 0 radical (unpaired) electrons. The molecule has 2 atom stereocenters. The summed E-state index contributed by atoms with van der Waals surface area (Å²) in [5, 5.41) is 0. The molecule has 1 aromatic rings. The van der Waals surface area contributed by atoms with Crippen LogP contribution in [0.5, 0.6) is 0 Å². The second kappa shape index (κ2) is 6.03.